The standard InChI is InChI=1S/C22H25ClN4O2/c1-4-26(5-2)18-8-6-17(7-9-18)24-22(28)21-12-13-27(25-21)15-29-19-10-11-20(23)16(3)14-19/h6-14H,4-5,15H2,1-3H3,(H,24,28). The number of benzene rings is 2. The van der Waals surface area contributed by atoms with Crippen LogP contribution in [0.3, 0.4) is 0 Å². The van der Waals surface area contributed by atoms with Crippen LogP contribution in [-0.2, 0) is 6.73 Å². The minimum atomic E-state index is -0.262. The van der Waals surface area contributed by atoms with Crippen molar-refractivity contribution in [2.45, 2.75) is 27.5 Å². The van der Waals surface area contributed by atoms with Gasteiger partial charge in [-0.2, -0.15) is 5.10 Å². The fraction of sp³-hybridized carbons (Fsp3) is 0.273. The van der Waals surface area contributed by atoms with Crippen LogP contribution in [0.5, 0.6) is 5.75 Å². The third-order valence-corrected chi connectivity index (χ3v) is 5.04. The second-order valence-electron chi connectivity index (χ2n) is 6.60. The average molecular weight is 413 g/mol. The summed E-state index contributed by atoms with van der Waals surface area (Å²) in [6, 6.07) is 14.9. The van der Waals surface area contributed by atoms with Gasteiger partial charge in [0.25, 0.3) is 5.91 Å². The fourth-order valence-corrected chi connectivity index (χ4v) is 3.06. The third-order valence-electron chi connectivity index (χ3n) is 4.62. The summed E-state index contributed by atoms with van der Waals surface area (Å²) in [6.07, 6.45) is 1.71. The molecule has 0 saturated heterocycles. The molecule has 6 nitrogen and oxygen atoms in total. The third kappa shape index (κ3) is 5.29. The molecule has 0 unspecified atom stereocenters. The molecule has 1 N–H and O–H groups in total. The Balaban J connectivity index is 1.58. The van der Waals surface area contributed by atoms with Crippen LogP contribution in [0.1, 0.15) is 29.9 Å². The molecule has 0 aliphatic rings. The molecule has 0 aliphatic heterocycles. The van der Waals surface area contributed by atoms with Crippen molar-refractivity contribution in [1.82, 2.24) is 9.78 Å². The molecule has 0 bridgehead atoms. The van der Waals surface area contributed by atoms with Gasteiger partial charge in [0.05, 0.1) is 0 Å². The van der Waals surface area contributed by atoms with Gasteiger partial charge in [-0.05, 0) is 74.9 Å². The number of ether oxygens (including phenoxy) is 1. The maximum Gasteiger partial charge on any atom is 0.276 e. The smallest absolute Gasteiger partial charge is 0.276 e. The van der Waals surface area contributed by atoms with Gasteiger partial charge in [0.2, 0.25) is 0 Å². The van der Waals surface area contributed by atoms with E-state index in [1.165, 1.54) is 0 Å². The molecule has 7 heteroatoms. The number of aryl methyl sites for hydroxylation is 1. The Kier molecular flexibility index (Phi) is 6.77. The molecule has 3 rings (SSSR count). The number of carbonyl (C=O) groups excluding carboxylic acids is 1. The highest BCUT2D eigenvalue weighted by Crippen LogP contribution is 2.21. The zero-order chi connectivity index (χ0) is 20.8. The van der Waals surface area contributed by atoms with Crippen LogP contribution in [0, 0.1) is 6.92 Å². The molecular formula is C22H25ClN4O2. The quantitative estimate of drug-likeness (QED) is 0.566. The van der Waals surface area contributed by atoms with Gasteiger partial charge in [0.15, 0.2) is 12.4 Å². The number of carbonyl (C=O) groups is 1. The SMILES string of the molecule is CCN(CC)c1ccc(NC(=O)c2ccn(COc3ccc(Cl)c(C)c3)n2)cc1. The Hall–Kier alpha value is -2.99. The molecule has 152 valence electrons. The second kappa shape index (κ2) is 9.47. The number of hydrogen-bond donors (Lipinski definition) is 1. The highest BCUT2D eigenvalue weighted by atomic mass is 35.5. The summed E-state index contributed by atoms with van der Waals surface area (Å²) >= 11 is 6.02. The number of nitrogens with one attached hydrogen (secondary N) is 1. The lowest BCUT2D eigenvalue weighted by Gasteiger charge is -2.21. The maximum absolute atomic E-state index is 12.5. The predicted octanol–water partition coefficient (Wildman–Crippen LogP) is 4.98. The van der Waals surface area contributed by atoms with Crippen molar-refractivity contribution in [3.63, 3.8) is 0 Å². The summed E-state index contributed by atoms with van der Waals surface area (Å²) < 4.78 is 7.27. The van der Waals surface area contributed by atoms with Crippen molar-refractivity contribution in [1.29, 1.82) is 0 Å². The van der Waals surface area contributed by atoms with Gasteiger partial charge in [-0.15, -0.1) is 0 Å². The normalized spacial score (nSPS) is 10.6. The predicted molar refractivity (Wildman–Crippen MR) is 117 cm³/mol. The molecule has 1 aromatic heterocycles. The van der Waals surface area contributed by atoms with E-state index < -0.39 is 0 Å². The molecule has 0 aliphatic carbocycles. The van der Waals surface area contributed by atoms with Gasteiger partial charge < -0.3 is 15.0 Å². The van der Waals surface area contributed by atoms with E-state index in [4.69, 9.17) is 16.3 Å². The van der Waals surface area contributed by atoms with Crippen molar-refractivity contribution >= 4 is 28.9 Å². The molecule has 3 aromatic rings. The van der Waals surface area contributed by atoms with Crippen LogP contribution < -0.4 is 15.0 Å². The van der Waals surface area contributed by atoms with Gasteiger partial charge in [-0.1, -0.05) is 11.6 Å². The number of anilines is 2. The Labute approximate surface area is 176 Å². The van der Waals surface area contributed by atoms with E-state index in [9.17, 15) is 4.79 Å². The van der Waals surface area contributed by atoms with Gasteiger partial charge in [0, 0.05) is 35.7 Å². The summed E-state index contributed by atoms with van der Waals surface area (Å²) in [5.41, 5.74) is 3.13. The summed E-state index contributed by atoms with van der Waals surface area (Å²) in [6.45, 7) is 8.24. The van der Waals surface area contributed by atoms with E-state index in [2.05, 4.69) is 29.2 Å². The van der Waals surface area contributed by atoms with E-state index in [1.54, 1.807) is 29.1 Å². The number of aromatic nitrogens is 2. The molecule has 0 atom stereocenters. The largest absolute Gasteiger partial charge is 0.471 e. The van der Waals surface area contributed by atoms with Gasteiger partial charge in [-0.25, -0.2) is 4.68 Å². The first-order valence-electron chi connectivity index (χ1n) is 9.59. The van der Waals surface area contributed by atoms with Crippen LogP contribution >= 0.6 is 11.6 Å². The number of halogens is 1. The molecule has 1 heterocycles. The molecule has 0 fully saturated rings. The summed E-state index contributed by atoms with van der Waals surface area (Å²) in [5, 5.41) is 7.85. The first kappa shape index (κ1) is 20.7. The lowest BCUT2D eigenvalue weighted by Crippen LogP contribution is -2.21. The Morgan fingerprint density at radius 2 is 1.86 bits per heavy atom. The van der Waals surface area contributed by atoms with Crippen molar-refractivity contribution in [2.75, 3.05) is 23.3 Å². The maximum atomic E-state index is 12.5. The molecule has 1 amide bonds. The summed E-state index contributed by atoms with van der Waals surface area (Å²) in [4.78, 5) is 14.7. The zero-order valence-electron chi connectivity index (χ0n) is 16.9. The van der Waals surface area contributed by atoms with Crippen LogP contribution in [0.25, 0.3) is 0 Å². The topological polar surface area (TPSA) is 59.4 Å². The Bertz CT molecular complexity index is 965. The van der Waals surface area contributed by atoms with Crippen molar-refractivity contribution < 1.29 is 9.53 Å². The van der Waals surface area contributed by atoms with Gasteiger partial charge in [0.1, 0.15) is 5.75 Å². The average Bonchev–Trinajstić information content (AvgIpc) is 3.20. The van der Waals surface area contributed by atoms with Gasteiger partial charge >= 0.3 is 0 Å². The van der Waals surface area contributed by atoms with Crippen LogP contribution in [-0.4, -0.2) is 28.8 Å². The molecule has 0 saturated carbocycles. The van der Waals surface area contributed by atoms with Gasteiger partial charge in [-0.3, -0.25) is 4.79 Å². The number of amides is 1. The second-order valence-corrected chi connectivity index (χ2v) is 7.01. The molecule has 29 heavy (non-hydrogen) atoms. The van der Waals surface area contributed by atoms with E-state index in [0.717, 1.165) is 30.0 Å². The van der Waals surface area contributed by atoms with Crippen molar-refractivity contribution in [3.05, 3.63) is 71.0 Å². The Morgan fingerprint density at radius 3 is 2.52 bits per heavy atom. The molecule has 2 aromatic carbocycles. The number of nitrogens with zero attached hydrogens (tertiary/aromatic N) is 3. The number of hydrogen-bond acceptors (Lipinski definition) is 4. The lowest BCUT2D eigenvalue weighted by atomic mass is 10.2. The van der Waals surface area contributed by atoms with Crippen molar-refractivity contribution in [3.8, 4) is 5.75 Å². The minimum absolute atomic E-state index is 0.201. The first-order chi connectivity index (χ1) is 14.0. The van der Waals surface area contributed by atoms with Crippen LogP contribution in [0.15, 0.2) is 54.7 Å². The van der Waals surface area contributed by atoms with E-state index in [1.807, 2.05) is 37.3 Å². The summed E-state index contributed by atoms with van der Waals surface area (Å²) in [5.74, 6) is 0.434. The van der Waals surface area contributed by atoms with E-state index >= 15 is 0 Å². The van der Waals surface area contributed by atoms with Crippen molar-refractivity contribution in [2.24, 2.45) is 0 Å². The monoisotopic (exact) mass is 412 g/mol. The summed E-state index contributed by atoms with van der Waals surface area (Å²) in [7, 11) is 0. The zero-order valence-corrected chi connectivity index (χ0v) is 17.6. The fourth-order valence-electron chi connectivity index (χ4n) is 2.94. The van der Waals surface area contributed by atoms with Crippen LogP contribution in [0.2, 0.25) is 5.02 Å². The van der Waals surface area contributed by atoms with Crippen LogP contribution in [0.4, 0.5) is 11.4 Å². The molecular weight excluding hydrogens is 388 g/mol. The van der Waals surface area contributed by atoms with E-state index in [0.29, 0.717) is 16.5 Å². The Morgan fingerprint density at radius 1 is 1.14 bits per heavy atom. The minimum Gasteiger partial charge on any atom is -0.471 e. The van der Waals surface area contributed by atoms with E-state index in [-0.39, 0.29) is 12.6 Å². The molecule has 0 radical (unpaired) electrons. The first-order valence-corrected chi connectivity index (χ1v) is 9.96. The highest BCUT2D eigenvalue weighted by molar-refractivity contribution is 6.31. The number of rotatable bonds is 8. The highest BCUT2D eigenvalue weighted by Gasteiger charge is 2.11. The lowest BCUT2D eigenvalue weighted by molar-refractivity contribution is 0.102. The molecule has 0 spiro atoms.